The van der Waals surface area contributed by atoms with Gasteiger partial charge in [0.05, 0.1) is 22.8 Å². The molecular weight excluding hydrogens is 300 g/mol. The highest BCUT2D eigenvalue weighted by Crippen LogP contribution is 2.21. The summed E-state index contributed by atoms with van der Waals surface area (Å²) < 4.78 is 11.5. The largest absolute Gasteiger partial charge is 0.322 e. The highest BCUT2D eigenvalue weighted by molar-refractivity contribution is 7.86. The van der Waals surface area contributed by atoms with Crippen molar-refractivity contribution in [3.63, 3.8) is 0 Å². The second-order valence-corrected chi connectivity index (χ2v) is 9.41. The molecule has 0 radical (unpaired) electrons. The summed E-state index contributed by atoms with van der Waals surface area (Å²) in [5, 5.41) is 2.81. The summed E-state index contributed by atoms with van der Waals surface area (Å²) >= 11 is 0. The van der Waals surface area contributed by atoms with Gasteiger partial charge in [0.1, 0.15) is 5.82 Å². The van der Waals surface area contributed by atoms with Crippen molar-refractivity contribution in [1.29, 1.82) is 0 Å². The number of rotatable bonds is 1. The van der Waals surface area contributed by atoms with E-state index in [1.807, 2.05) is 34.6 Å². The molecule has 1 aliphatic heterocycles. The predicted octanol–water partition coefficient (Wildman–Crippen LogP) is 2.15. The van der Waals surface area contributed by atoms with Crippen LogP contribution >= 0.6 is 0 Å². The molecule has 0 saturated carbocycles. The lowest BCUT2D eigenvalue weighted by Gasteiger charge is -2.37. The molecule has 1 aromatic rings. The van der Waals surface area contributed by atoms with Gasteiger partial charge in [0.2, 0.25) is 0 Å². The highest BCUT2D eigenvalue weighted by Gasteiger charge is 2.35. The van der Waals surface area contributed by atoms with Gasteiger partial charge in [0.25, 0.3) is 0 Å². The zero-order valence-corrected chi connectivity index (χ0v) is 14.7. The number of nitrogens with one attached hydrogen (secondary N) is 1. The molecule has 1 fully saturated rings. The molecule has 7 heteroatoms. The molecule has 0 unspecified atom stereocenters. The van der Waals surface area contributed by atoms with E-state index in [9.17, 15) is 9.00 Å². The molecule has 1 saturated heterocycles. The number of hydrogen-bond donors (Lipinski definition) is 1. The number of nitrogens with zero attached hydrogens (tertiary/aromatic N) is 3. The smallest absolute Gasteiger partial charge is 0.322 e. The van der Waals surface area contributed by atoms with Crippen LogP contribution in [0, 0.1) is 0 Å². The highest BCUT2D eigenvalue weighted by atomic mass is 32.2. The molecule has 2 rings (SSSR count). The maximum absolute atomic E-state index is 12.3. The van der Waals surface area contributed by atoms with Crippen molar-refractivity contribution in [2.24, 2.45) is 0 Å². The van der Waals surface area contributed by atoms with Gasteiger partial charge in [-0.05, 0) is 13.8 Å². The van der Waals surface area contributed by atoms with E-state index in [-0.39, 0.29) is 16.2 Å². The van der Waals surface area contributed by atoms with Crippen LogP contribution < -0.4 is 5.32 Å². The van der Waals surface area contributed by atoms with E-state index in [1.54, 1.807) is 17.3 Å². The number of carbonyl (C=O) groups excluding carboxylic acids is 1. The number of amides is 2. The minimum absolute atomic E-state index is 0.122. The maximum atomic E-state index is 12.3. The van der Waals surface area contributed by atoms with Gasteiger partial charge in [0.15, 0.2) is 0 Å². The van der Waals surface area contributed by atoms with E-state index >= 15 is 0 Å². The van der Waals surface area contributed by atoms with E-state index < -0.39 is 10.8 Å². The molecule has 1 atom stereocenters. The summed E-state index contributed by atoms with van der Waals surface area (Å²) in [5.41, 5.74) is 0.450. The first kappa shape index (κ1) is 16.9. The van der Waals surface area contributed by atoms with Crippen LogP contribution in [0.25, 0.3) is 0 Å². The summed E-state index contributed by atoms with van der Waals surface area (Å²) in [6.45, 7) is 10.9. The molecule has 2 amide bonds. The van der Waals surface area contributed by atoms with Crippen LogP contribution in [0.2, 0.25) is 0 Å². The van der Waals surface area contributed by atoms with Crippen LogP contribution in [0.3, 0.4) is 0 Å². The van der Waals surface area contributed by atoms with Crippen molar-refractivity contribution in [1.82, 2.24) is 14.9 Å². The standard InChI is InChI=1S/C15H24N4O2S/c1-14(2,3)12-16-8-11(9-17-12)18-13(20)19-6-7-22(21)15(4,5)10-19/h8-9H,6-7,10H2,1-5H3,(H,18,20)/t22-/m0/s1. The van der Waals surface area contributed by atoms with Gasteiger partial charge in [-0.25, -0.2) is 14.8 Å². The van der Waals surface area contributed by atoms with Crippen LogP contribution in [-0.4, -0.2) is 48.7 Å². The molecule has 0 bridgehead atoms. The number of carbonyl (C=O) groups is 1. The lowest BCUT2D eigenvalue weighted by molar-refractivity contribution is 0.207. The van der Waals surface area contributed by atoms with Crippen molar-refractivity contribution in [3.8, 4) is 0 Å². The Balaban J connectivity index is 2.02. The maximum Gasteiger partial charge on any atom is 0.322 e. The third kappa shape index (κ3) is 3.82. The third-order valence-corrected chi connectivity index (χ3v) is 5.51. The Morgan fingerprint density at radius 2 is 1.91 bits per heavy atom. The lowest BCUT2D eigenvalue weighted by Crippen LogP contribution is -2.53. The Morgan fingerprint density at radius 1 is 1.32 bits per heavy atom. The van der Waals surface area contributed by atoms with Crippen molar-refractivity contribution >= 4 is 22.5 Å². The Labute approximate surface area is 134 Å². The average molecular weight is 324 g/mol. The van der Waals surface area contributed by atoms with Gasteiger partial charge in [-0.1, -0.05) is 20.8 Å². The van der Waals surface area contributed by atoms with Crippen LogP contribution in [0.4, 0.5) is 10.5 Å². The minimum Gasteiger partial charge on any atom is -0.322 e. The molecule has 1 N–H and O–H groups in total. The van der Waals surface area contributed by atoms with Crippen LogP contribution in [0.15, 0.2) is 12.4 Å². The number of hydrogen-bond acceptors (Lipinski definition) is 4. The lowest BCUT2D eigenvalue weighted by atomic mass is 9.96. The van der Waals surface area contributed by atoms with Gasteiger partial charge in [-0.2, -0.15) is 0 Å². The Hall–Kier alpha value is -1.50. The zero-order valence-electron chi connectivity index (χ0n) is 13.8. The molecule has 22 heavy (non-hydrogen) atoms. The van der Waals surface area contributed by atoms with Crippen molar-refractivity contribution in [2.75, 3.05) is 24.2 Å². The monoisotopic (exact) mass is 324 g/mol. The molecule has 0 aromatic carbocycles. The quantitative estimate of drug-likeness (QED) is 0.859. The molecule has 2 heterocycles. The topological polar surface area (TPSA) is 75.2 Å². The summed E-state index contributed by atoms with van der Waals surface area (Å²) in [4.78, 5) is 22.6. The fraction of sp³-hybridized carbons (Fsp3) is 0.667. The third-order valence-electron chi connectivity index (χ3n) is 3.60. The predicted molar refractivity (Wildman–Crippen MR) is 88.4 cm³/mol. The first-order chi connectivity index (χ1) is 10.1. The minimum atomic E-state index is -0.894. The van der Waals surface area contributed by atoms with Crippen LogP contribution in [0.5, 0.6) is 0 Å². The average Bonchev–Trinajstić information content (AvgIpc) is 2.41. The van der Waals surface area contributed by atoms with Crippen LogP contribution in [-0.2, 0) is 16.2 Å². The van der Waals surface area contributed by atoms with Crippen molar-refractivity contribution in [2.45, 2.75) is 44.8 Å². The Kier molecular flexibility index (Phi) is 4.56. The van der Waals surface area contributed by atoms with Gasteiger partial charge in [0, 0.05) is 35.1 Å². The fourth-order valence-electron chi connectivity index (χ4n) is 2.24. The van der Waals surface area contributed by atoms with Crippen molar-refractivity contribution < 1.29 is 9.00 Å². The summed E-state index contributed by atoms with van der Waals surface area (Å²) in [6, 6.07) is -0.197. The molecule has 0 aliphatic carbocycles. The molecule has 0 spiro atoms. The first-order valence-corrected chi connectivity index (χ1v) is 8.68. The van der Waals surface area contributed by atoms with Gasteiger partial charge >= 0.3 is 6.03 Å². The van der Waals surface area contributed by atoms with Crippen molar-refractivity contribution in [3.05, 3.63) is 18.2 Å². The van der Waals surface area contributed by atoms with E-state index in [2.05, 4.69) is 15.3 Å². The summed E-state index contributed by atoms with van der Waals surface area (Å²) in [7, 11) is -0.894. The van der Waals surface area contributed by atoms with Crippen LogP contribution in [0.1, 0.15) is 40.4 Å². The Morgan fingerprint density at radius 3 is 2.41 bits per heavy atom. The second-order valence-electron chi connectivity index (χ2n) is 7.21. The van der Waals surface area contributed by atoms with E-state index in [1.165, 1.54) is 0 Å². The fourth-order valence-corrected chi connectivity index (χ4v) is 3.47. The second kappa shape index (κ2) is 5.95. The molecule has 122 valence electrons. The molecule has 1 aromatic heterocycles. The molecule has 6 nitrogen and oxygen atoms in total. The van der Waals surface area contributed by atoms with E-state index in [4.69, 9.17) is 0 Å². The van der Waals surface area contributed by atoms with E-state index in [0.717, 1.165) is 5.82 Å². The molecular formula is C15H24N4O2S. The normalized spacial score (nSPS) is 21.5. The first-order valence-electron chi connectivity index (χ1n) is 7.36. The summed E-state index contributed by atoms with van der Waals surface area (Å²) in [6.07, 6.45) is 3.25. The molecule has 1 aliphatic rings. The Bertz CT molecular complexity index is 578. The van der Waals surface area contributed by atoms with Gasteiger partial charge in [-0.15, -0.1) is 0 Å². The van der Waals surface area contributed by atoms with Gasteiger partial charge < -0.3 is 10.2 Å². The number of aromatic nitrogens is 2. The number of urea groups is 1. The van der Waals surface area contributed by atoms with E-state index in [0.29, 0.717) is 24.5 Å². The van der Waals surface area contributed by atoms with Gasteiger partial charge in [-0.3, -0.25) is 4.21 Å². The zero-order chi connectivity index (χ0) is 16.5. The summed E-state index contributed by atoms with van der Waals surface area (Å²) in [5.74, 6) is 1.25. The SMILES string of the molecule is CC(C)(C)c1ncc(NC(=O)N2CC[S@](=O)C(C)(C)C2)cn1. The number of anilines is 1.